The molecule has 0 bridgehead atoms. The number of nitrogens with one attached hydrogen (secondary N) is 3. The van der Waals surface area contributed by atoms with Gasteiger partial charge in [-0.05, 0) is 43.2 Å². The van der Waals surface area contributed by atoms with Crippen molar-refractivity contribution in [2.75, 3.05) is 13.6 Å². The number of aromatic nitrogens is 3. The SMILES string of the molecule is CN=C(NCCc1nc(-c2ccco2)n[nH]1)NC(C)c1ccc(C)c(F)c1. The van der Waals surface area contributed by atoms with E-state index >= 15 is 0 Å². The third-order valence-electron chi connectivity index (χ3n) is 4.20. The average molecular weight is 370 g/mol. The first kappa shape index (κ1) is 18.6. The molecule has 1 aromatic carbocycles. The minimum Gasteiger partial charge on any atom is -0.461 e. The van der Waals surface area contributed by atoms with Crippen molar-refractivity contribution in [3.8, 4) is 11.6 Å². The third-order valence-corrected chi connectivity index (χ3v) is 4.20. The Bertz CT molecular complexity index is 903. The van der Waals surface area contributed by atoms with Gasteiger partial charge in [0, 0.05) is 20.0 Å². The van der Waals surface area contributed by atoms with Crippen molar-refractivity contribution in [1.29, 1.82) is 0 Å². The molecule has 27 heavy (non-hydrogen) atoms. The molecule has 1 atom stereocenters. The number of benzene rings is 1. The Morgan fingerprint density at radius 3 is 2.93 bits per heavy atom. The Morgan fingerprint density at radius 2 is 2.22 bits per heavy atom. The second-order valence-electron chi connectivity index (χ2n) is 6.21. The van der Waals surface area contributed by atoms with Gasteiger partial charge < -0.3 is 15.1 Å². The molecule has 0 amide bonds. The van der Waals surface area contributed by atoms with Crippen molar-refractivity contribution in [3.05, 3.63) is 59.4 Å². The molecular formula is C19H23FN6O. The van der Waals surface area contributed by atoms with Crippen molar-refractivity contribution < 1.29 is 8.81 Å². The Balaban J connectivity index is 1.51. The number of halogens is 1. The predicted octanol–water partition coefficient (Wildman–Crippen LogP) is 2.98. The summed E-state index contributed by atoms with van der Waals surface area (Å²) >= 11 is 0. The molecule has 0 aliphatic rings. The van der Waals surface area contributed by atoms with Crippen LogP contribution in [0.4, 0.5) is 4.39 Å². The molecule has 3 rings (SSSR count). The van der Waals surface area contributed by atoms with Crippen LogP contribution in [0.25, 0.3) is 11.6 Å². The molecule has 2 heterocycles. The van der Waals surface area contributed by atoms with Crippen LogP contribution in [0.15, 0.2) is 46.0 Å². The molecule has 0 radical (unpaired) electrons. The zero-order valence-electron chi connectivity index (χ0n) is 15.6. The summed E-state index contributed by atoms with van der Waals surface area (Å²) in [5.41, 5.74) is 1.49. The van der Waals surface area contributed by atoms with Crippen molar-refractivity contribution in [2.45, 2.75) is 26.3 Å². The van der Waals surface area contributed by atoms with E-state index in [0.29, 0.717) is 36.1 Å². The van der Waals surface area contributed by atoms with Gasteiger partial charge in [-0.25, -0.2) is 9.37 Å². The summed E-state index contributed by atoms with van der Waals surface area (Å²) in [6.45, 7) is 4.32. The minimum atomic E-state index is -0.207. The highest BCUT2D eigenvalue weighted by Crippen LogP contribution is 2.16. The number of hydrogen-bond donors (Lipinski definition) is 3. The first-order valence-corrected chi connectivity index (χ1v) is 8.75. The summed E-state index contributed by atoms with van der Waals surface area (Å²) in [6.07, 6.45) is 2.23. The molecular weight excluding hydrogens is 347 g/mol. The monoisotopic (exact) mass is 370 g/mol. The number of aromatic amines is 1. The summed E-state index contributed by atoms with van der Waals surface area (Å²) in [5.74, 6) is 2.34. The Hall–Kier alpha value is -3.16. The van der Waals surface area contributed by atoms with Crippen LogP contribution in [0.1, 0.15) is 29.9 Å². The maximum Gasteiger partial charge on any atom is 0.216 e. The van der Waals surface area contributed by atoms with E-state index in [-0.39, 0.29) is 11.9 Å². The van der Waals surface area contributed by atoms with Crippen molar-refractivity contribution in [3.63, 3.8) is 0 Å². The highest BCUT2D eigenvalue weighted by molar-refractivity contribution is 5.80. The molecule has 0 aliphatic heterocycles. The Morgan fingerprint density at radius 1 is 1.37 bits per heavy atom. The van der Waals surface area contributed by atoms with Gasteiger partial charge in [0.05, 0.1) is 12.3 Å². The smallest absolute Gasteiger partial charge is 0.216 e. The summed E-state index contributed by atoms with van der Waals surface area (Å²) in [4.78, 5) is 8.61. The highest BCUT2D eigenvalue weighted by atomic mass is 19.1. The summed E-state index contributed by atoms with van der Waals surface area (Å²) in [5, 5.41) is 13.5. The summed E-state index contributed by atoms with van der Waals surface area (Å²) < 4.78 is 19.0. The molecule has 0 spiro atoms. The van der Waals surface area contributed by atoms with E-state index in [0.717, 1.165) is 11.4 Å². The lowest BCUT2D eigenvalue weighted by Crippen LogP contribution is -2.39. The van der Waals surface area contributed by atoms with Crippen LogP contribution in [-0.2, 0) is 6.42 Å². The molecule has 0 saturated carbocycles. The second kappa shape index (κ2) is 8.48. The molecule has 0 aliphatic carbocycles. The lowest BCUT2D eigenvalue weighted by atomic mass is 10.1. The van der Waals surface area contributed by atoms with Gasteiger partial charge in [0.25, 0.3) is 0 Å². The molecule has 8 heteroatoms. The van der Waals surface area contributed by atoms with Crippen molar-refractivity contribution >= 4 is 5.96 Å². The topological polar surface area (TPSA) is 91.1 Å². The average Bonchev–Trinajstić information content (AvgIpc) is 3.34. The minimum absolute atomic E-state index is 0.0814. The van der Waals surface area contributed by atoms with E-state index in [1.54, 1.807) is 38.4 Å². The van der Waals surface area contributed by atoms with Crippen LogP contribution in [0.2, 0.25) is 0 Å². The number of aliphatic imine (C=N–C) groups is 1. The Labute approximate surface area is 157 Å². The van der Waals surface area contributed by atoms with Crippen LogP contribution >= 0.6 is 0 Å². The van der Waals surface area contributed by atoms with Gasteiger partial charge in [0.2, 0.25) is 5.82 Å². The largest absolute Gasteiger partial charge is 0.461 e. The summed E-state index contributed by atoms with van der Waals surface area (Å²) in [7, 11) is 1.70. The molecule has 142 valence electrons. The van der Waals surface area contributed by atoms with Gasteiger partial charge in [-0.2, -0.15) is 5.10 Å². The Kier molecular flexibility index (Phi) is 5.85. The van der Waals surface area contributed by atoms with Crippen LogP contribution in [0, 0.1) is 12.7 Å². The van der Waals surface area contributed by atoms with Crippen LogP contribution < -0.4 is 10.6 Å². The fraction of sp³-hybridized carbons (Fsp3) is 0.316. The molecule has 7 nitrogen and oxygen atoms in total. The van der Waals surface area contributed by atoms with Gasteiger partial charge in [-0.15, -0.1) is 0 Å². The first-order chi connectivity index (χ1) is 13.1. The fourth-order valence-corrected chi connectivity index (χ4v) is 2.58. The number of rotatable bonds is 6. The van der Waals surface area contributed by atoms with Crippen LogP contribution in [0.5, 0.6) is 0 Å². The number of guanidine groups is 1. The van der Waals surface area contributed by atoms with E-state index in [2.05, 4.69) is 30.8 Å². The van der Waals surface area contributed by atoms with E-state index in [1.165, 1.54) is 0 Å². The maximum absolute atomic E-state index is 13.8. The number of hydrogen-bond acceptors (Lipinski definition) is 4. The first-order valence-electron chi connectivity index (χ1n) is 8.75. The van der Waals surface area contributed by atoms with Crippen LogP contribution in [-0.4, -0.2) is 34.7 Å². The third kappa shape index (κ3) is 4.72. The van der Waals surface area contributed by atoms with Crippen molar-refractivity contribution in [1.82, 2.24) is 25.8 Å². The highest BCUT2D eigenvalue weighted by Gasteiger charge is 2.11. The molecule has 1 unspecified atom stereocenters. The normalized spacial score (nSPS) is 12.8. The van der Waals surface area contributed by atoms with Crippen molar-refractivity contribution in [2.24, 2.45) is 4.99 Å². The van der Waals surface area contributed by atoms with E-state index in [1.807, 2.05) is 19.1 Å². The van der Waals surface area contributed by atoms with E-state index in [9.17, 15) is 4.39 Å². The number of furan rings is 1. The van der Waals surface area contributed by atoms with Gasteiger partial charge in [-0.3, -0.25) is 10.1 Å². The maximum atomic E-state index is 13.8. The van der Waals surface area contributed by atoms with E-state index < -0.39 is 0 Å². The number of nitrogens with zero attached hydrogens (tertiary/aromatic N) is 3. The van der Waals surface area contributed by atoms with Gasteiger partial charge >= 0.3 is 0 Å². The predicted molar refractivity (Wildman–Crippen MR) is 102 cm³/mol. The van der Waals surface area contributed by atoms with Crippen LogP contribution in [0.3, 0.4) is 0 Å². The van der Waals surface area contributed by atoms with E-state index in [4.69, 9.17) is 4.42 Å². The van der Waals surface area contributed by atoms with Gasteiger partial charge in [0.15, 0.2) is 11.7 Å². The fourth-order valence-electron chi connectivity index (χ4n) is 2.58. The van der Waals surface area contributed by atoms with Gasteiger partial charge in [-0.1, -0.05) is 12.1 Å². The van der Waals surface area contributed by atoms with Gasteiger partial charge in [0.1, 0.15) is 11.6 Å². The second-order valence-corrected chi connectivity index (χ2v) is 6.21. The molecule has 3 N–H and O–H groups in total. The molecule has 3 aromatic rings. The lowest BCUT2D eigenvalue weighted by molar-refractivity contribution is 0.577. The number of H-pyrrole nitrogens is 1. The summed E-state index contributed by atoms with van der Waals surface area (Å²) in [6, 6.07) is 8.76. The lowest BCUT2D eigenvalue weighted by Gasteiger charge is -2.18. The molecule has 0 saturated heterocycles. The zero-order chi connectivity index (χ0) is 19.2. The number of aryl methyl sites for hydroxylation is 1. The quantitative estimate of drug-likeness (QED) is 0.458. The molecule has 0 fully saturated rings. The standard InChI is InChI=1S/C19H23FN6O/c1-12-6-7-14(11-15(12)20)13(2)23-19(21-3)22-9-8-17-24-18(26-25-17)16-5-4-10-27-16/h4-7,10-11,13H,8-9H2,1-3H3,(H2,21,22,23)(H,24,25,26). The zero-order valence-corrected chi connectivity index (χ0v) is 15.6. The molecule has 2 aromatic heterocycles.